The molecule has 3 aliphatic rings. The first kappa shape index (κ1) is 27.3. The number of aromatic nitrogens is 2. The maximum absolute atomic E-state index is 14.3. The molecule has 0 bridgehead atoms. The molecule has 2 amide bonds. The van der Waals surface area contributed by atoms with Gasteiger partial charge in [0.15, 0.2) is 0 Å². The van der Waals surface area contributed by atoms with Gasteiger partial charge in [0.05, 0.1) is 16.3 Å². The van der Waals surface area contributed by atoms with Crippen molar-refractivity contribution in [1.29, 1.82) is 0 Å². The van der Waals surface area contributed by atoms with Crippen LogP contribution < -0.4 is 20.9 Å². The Morgan fingerprint density at radius 3 is 2.59 bits per heavy atom. The van der Waals surface area contributed by atoms with E-state index in [2.05, 4.69) is 15.3 Å². The van der Waals surface area contributed by atoms with Crippen molar-refractivity contribution in [2.24, 2.45) is 5.92 Å². The molecule has 214 valence electrons. The number of nitrogen functional groups attached to an aromatic ring is 1. The SMILES string of the molecule is Nc1ccnc(N2CC3(C2)C(=O)N(C[C@H]2CC[C@H](NC(=O)c4cc(Cl)cnc4C(F)F)CC2)c2cc(F)ccc23)c1. The van der Waals surface area contributed by atoms with E-state index in [0.717, 1.165) is 11.8 Å². The number of amides is 2. The van der Waals surface area contributed by atoms with Crippen LogP contribution in [0.15, 0.2) is 48.8 Å². The van der Waals surface area contributed by atoms with Gasteiger partial charge in [-0.3, -0.25) is 14.6 Å². The van der Waals surface area contributed by atoms with Crippen LogP contribution in [0.2, 0.25) is 5.02 Å². The highest BCUT2D eigenvalue weighted by Gasteiger charge is 2.58. The Morgan fingerprint density at radius 1 is 1.12 bits per heavy atom. The van der Waals surface area contributed by atoms with E-state index in [1.165, 1.54) is 18.2 Å². The summed E-state index contributed by atoms with van der Waals surface area (Å²) in [7, 11) is 0. The van der Waals surface area contributed by atoms with Crippen molar-refractivity contribution in [3.05, 3.63) is 76.5 Å². The minimum Gasteiger partial charge on any atom is -0.399 e. The van der Waals surface area contributed by atoms with Gasteiger partial charge in [0.25, 0.3) is 12.3 Å². The molecule has 41 heavy (non-hydrogen) atoms. The number of nitrogens with two attached hydrogens (primary N) is 1. The quantitative estimate of drug-likeness (QED) is 0.428. The van der Waals surface area contributed by atoms with Crippen LogP contribution >= 0.6 is 11.6 Å². The summed E-state index contributed by atoms with van der Waals surface area (Å²) < 4.78 is 41.1. The molecule has 8 nitrogen and oxygen atoms in total. The molecule has 0 unspecified atom stereocenters. The average Bonchev–Trinajstić information content (AvgIpc) is 3.15. The maximum atomic E-state index is 14.3. The number of fused-ring (bicyclic) bond motifs is 2. The highest BCUT2D eigenvalue weighted by atomic mass is 35.5. The van der Waals surface area contributed by atoms with E-state index in [4.69, 9.17) is 17.3 Å². The maximum Gasteiger partial charge on any atom is 0.281 e. The molecule has 2 aliphatic heterocycles. The van der Waals surface area contributed by atoms with Crippen molar-refractivity contribution >= 4 is 40.6 Å². The van der Waals surface area contributed by atoms with Gasteiger partial charge in [-0.1, -0.05) is 17.7 Å². The highest BCUT2D eigenvalue weighted by molar-refractivity contribution is 6.30. The normalized spacial score (nSPS) is 21.2. The van der Waals surface area contributed by atoms with E-state index >= 15 is 0 Å². The first-order valence-corrected chi connectivity index (χ1v) is 13.9. The van der Waals surface area contributed by atoms with Gasteiger partial charge in [-0.05, 0) is 61.4 Å². The predicted molar refractivity (Wildman–Crippen MR) is 149 cm³/mol. The molecule has 2 fully saturated rings. The van der Waals surface area contributed by atoms with E-state index in [1.54, 1.807) is 29.3 Å². The lowest BCUT2D eigenvalue weighted by Gasteiger charge is -2.47. The molecular weight excluding hydrogens is 557 g/mol. The van der Waals surface area contributed by atoms with Gasteiger partial charge in [0, 0.05) is 49.8 Å². The van der Waals surface area contributed by atoms with Gasteiger partial charge >= 0.3 is 0 Å². The summed E-state index contributed by atoms with van der Waals surface area (Å²) in [6, 6.07) is 8.99. The molecule has 0 radical (unpaired) electrons. The molecule has 1 spiro atoms. The monoisotopic (exact) mass is 584 g/mol. The van der Waals surface area contributed by atoms with E-state index in [-0.39, 0.29) is 28.5 Å². The standard InChI is InChI=1S/C29H28ClF3N6O2/c30-17-9-21(25(26(32)33)36-12-17)27(40)37-20-4-1-16(2-5-20)13-39-23-10-18(31)3-6-22(23)29(28(39)41)14-38(15-29)24-11-19(34)7-8-35-24/h3,6-12,16,20,26H,1-2,4-5,13-15H2,(H2,34,35)(H,37,40)/t16-,20-. The number of hydrogen-bond donors (Lipinski definition) is 2. The first-order chi connectivity index (χ1) is 19.6. The molecule has 1 aliphatic carbocycles. The summed E-state index contributed by atoms with van der Waals surface area (Å²) in [5.41, 5.74) is 6.30. The third-order valence-electron chi connectivity index (χ3n) is 8.40. The van der Waals surface area contributed by atoms with E-state index in [9.17, 15) is 22.8 Å². The number of nitrogens with one attached hydrogen (secondary N) is 1. The smallest absolute Gasteiger partial charge is 0.281 e. The number of halogens is 4. The molecule has 6 rings (SSSR count). The molecule has 1 saturated heterocycles. The second-order valence-corrected chi connectivity index (χ2v) is 11.5. The molecular formula is C29H28ClF3N6O2. The lowest BCUT2D eigenvalue weighted by molar-refractivity contribution is -0.124. The Balaban J connectivity index is 1.12. The van der Waals surface area contributed by atoms with Crippen LogP contribution in [0.3, 0.4) is 0 Å². The summed E-state index contributed by atoms with van der Waals surface area (Å²) in [6.45, 7) is 1.28. The number of hydrogen-bond acceptors (Lipinski definition) is 6. The van der Waals surface area contributed by atoms with Crippen LogP contribution in [0.4, 0.5) is 30.4 Å². The fourth-order valence-electron chi connectivity index (χ4n) is 6.29. The zero-order valence-corrected chi connectivity index (χ0v) is 22.8. The molecule has 12 heteroatoms. The Hall–Kier alpha value is -3.86. The fraction of sp³-hybridized carbons (Fsp3) is 0.379. The minimum atomic E-state index is -2.90. The zero-order valence-electron chi connectivity index (χ0n) is 22.0. The highest BCUT2D eigenvalue weighted by Crippen LogP contribution is 2.49. The van der Waals surface area contributed by atoms with Crippen LogP contribution in [0.25, 0.3) is 0 Å². The van der Waals surface area contributed by atoms with E-state index in [0.29, 0.717) is 62.5 Å². The first-order valence-electron chi connectivity index (χ1n) is 13.5. The average molecular weight is 585 g/mol. The Kier molecular flexibility index (Phi) is 7.01. The number of carbonyl (C=O) groups is 2. The summed E-state index contributed by atoms with van der Waals surface area (Å²) >= 11 is 5.89. The Labute approximate surface area is 239 Å². The number of nitrogens with zero attached hydrogens (tertiary/aromatic N) is 4. The molecule has 0 atom stereocenters. The van der Waals surface area contributed by atoms with Crippen molar-refractivity contribution in [3.8, 4) is 0 Å². The van der Waals surface area contributed by atoms with Crippen molar-refractivity contribution in [2.75, 3.05) is 35.2 Å². The lowest BCUT2D eigenvalue weighted by Crippen LogP contribution is -2.64. The van der Waals surface area contributed by atoms with Crippen molar-refractivity contribution in [1.82, 2.24) is 15.3 Å². The molecule has 1 aromatic carbocycles. The van der Waals surface area contributed by atoms with E-state index in [1.807, 2.05) is 4.90 Å². The van der Waals surface area contributed by atoms with Crippen molar-refractivity contribution < 1.29 is 22.8 Å². The lowest BCUT2D eigenvalue weighted by atomic mass is 9.74. The van der Waals surface area contributed by atoms with Gasteiger partial charge in [-0.2, -0.15) is 0 Å². The summed E-state index contributed by atoms with van der Waals surface area (Å²) in [5, 5.41) is 2.94. The second-order valence-electron chi connectivity index (χ2n) is 11.0. The van der Waals surface area contributed by atoms with Gasteiger partial charge < -0.3 is 20.9 Å². The van der Waals surface area contributed by atoms with Gasteiger partial charge in [-0.25, -0.2) is 18.2 Å². The molecule has 4 heterocycles. The van der Waals surface area contributed by atoms with Gasteiger partial charge in [-0.15, -0.1) is 0 Å². The molecule has 2 aromatic heterocycles. The molecule has 3 N–H and O–H groups in total. The Morgan fingerprint density at radius 2 is 1.88 bits per heavy atom. The molecule has 1 saturated carbocycles. The minimum absolute atomic E-state index is 0.0540. The summed E-state index contributed by atoms with van der Waals surface area (Å²) in [6.07, 6.45) is 2.47. The van der Waals surface area contributed by atoms with Crippen LogP contribution in [0.1, 0.15) is 53.7 Å². The number of alkyl halides is 2. The number of pyridine rings is 2. The van der Waals surface area contributed by atoms with Crippen LogP contribution in [0, 0.1) is 11.7 Å². The van der Waals surface area contributed by atoms with Crippen molar-refractivity contribution in [3.63, 3.8) is 0 Å². The van der Waals surface area contributed by atoms with Crippen LogP contribution in [0.5, 0.6) is 0 Å². The number of rotatable bonds is 6. The summed E-state index contributed by atoms with van der Waals surface area (Å²) in [4.78, 5) is 38.3. The largest absolute Gasteiger partial charge is 0.399 e. The zero-order chi connectivity index (χ0) is 28.9. The second kappa shape index (κ2) is 10.5. The molecule has 3 aromatic rings. The van der Waals surface area contributed by atoms with Gasteiger partial charge in [0.2, 0.25) is 5.91 Å². The fourth-order valence-corrected chi connectivity index (χ4v) is 6.45. The van der Waals surface area contributed by atoms with Crippen LogP contribution in [-0.2, 0) is 10.2 Å². The number of anilines is 3. The van der Waals surface area contributed by atoms with Crippen LogP contribution in [-0.4, -0.2) is 47.5 Å². The van der Waals surface area contributed by atoms with Gasteiger partial charge in [0.1, 0.15) is 22.7 Å². The topological polar surface area (TPSA) is 104 Å². The number of benzene rings is 1. The summed E-state index contributed by atoms with van der Waals surface area (Å²) in [5.74, 6) is -0.266. The third kappa shape index (κ3) is 4.96. The third-order valence-corrected chi connectivity index (χ3v) is 8.60. The Bertz CT molecular complexity index is 1510. The van der Waals surface area contributed by atoms with E-state index < -0.39 is 29.3 Å². The number of carbonyl (C=O) groups excluding carboxylic acids is 2. The van der Waals surface area contributed by atoms with Crippen molar-refractivity contribution in [2.45, 2.75) is 43.6 Å². The predicted octanol–water partition coefficient (Wildman–Crippen LogP) is 4.88.